The lowest BCUT2D eigenvalue weighted by atomic mass is 9.91. The topological polar surface area (TPSA) is 93.1 Å². The van der Waals surface area contributed by atoms with Crippen LogP contribution in [0.4, 0.5) is 8.78 Å². The fourth-order valence-electron chi connectivity index (χ4n) is 4.21. The molecule has 0 unspecified atom stereocenters. The average Bonchev–Trinajstić information content (AvgIpc) is 2.92. The van der Waals surface area contributed by atoms with Gasteiger partial charge in [-0.05, 0) is 60.4 Å². The molecule has 0 spiro atoms. The minimum atomic E-state index is -0.539. The van der Waals surface area contributed by atoms with E-state index in [2.05, 4.69) is 0 Å². The van der Waals surface area contributed by atoms with Crippen molar-refractivity contribution in [2.45, 2.75) is 27.1 Å². The van der Waals surface area contributed by atoms with E-state index < -0.39 is 11.6 Å². The first-order valence-corrected chi connectivity index (χ1v) is 12.6. The molecule has 0 aliphatic rings. The molecule has 0 bridgehead atoms. The second-order valence-corrected chi connectivity index (χ2v) is 9.71. The molecule has 4 aromatic rings. The summed E-state index contributed by atoms with van der Waals surface area (Å²) in [4.78, 5) is 22.0. The van der Waals surface area contributed by atoms with Crippen molar-refractivity contribution < 1.29 is 38.1 Å². The van der Waals surface area contributed by atoms with Crippen molar-refractivity contribution >= 4 is 35.8 Å². The number of phenols is 2. The van der Waals surface area contributed by atoms with Crippen molar-refractivity contribution in [2.75, 3.05) is 0 Å². The van der Waals surface area contributed by atoms with E-state index in [0.29, 0.717) is 34.8 Å². The first-order valence-electron chi connectivity index (χ1n) is 11.8. The van der Waals surface area contributed by atoms with E-state index in [1.54, 1.807) is 26.0 Å². The molecular formula is C30H22Cl2F2O6. The normalized spacial score (nSPS) is 10.8. The molecule has 40 heavy (non-hydrogen) atoms. The van der Waals surface area contributed by atoms with Crippen LogP contribution in [0.3, 0.4) is 0 Å². The zero-order valence-corrected chi connectivity index (χ0v) is 22.7. The quantitative estimate of drug-likeness (QED) is 0.195. The molecule has 6 nitrogen and oxygen atoms in total. The maximum atomic E-state index is 14.9. The third kappa shape index (κ3) is 5.73. The average molecular weight is 587 g/mol. The van der Waals surface area contributed by atoms with Gasteiger partial charge in [-0.2, -0.15) is 0 Å². The number of rotatable bonds is 9. The lowest BCUT2D eigenvalue weighted by Crippen LogP contribution is -2.06. The number of aromatic hydroxyl groups is 2. The summed E-state index contributed by atoms with van der Waals surface area (Å²) in [5.74, 6) is -1.60. The highest BCUT2D eigenvalue weighted by Crippen LogP contribution is 2.36. The van der Waals surface area contributed by atoms with Gasteiger partial charge >= 0.3 is 0 Å². The van der Waals surface area contributed by atoms with Crippen molar-refractivity contribution in [3.8, 4) is 34.1 Å². The predicted molar refractivity (Wildman–Crippen MR) is 147 cm³/mol. The minimum Gasteiger partial charge on any atom is -0.507 e. The summed E-state index contributed by atoms with van der Waals surface area (Å²) in [6.07, 6.45) is 0.898. The van der Waals surface area contributed by atoms with Gasteiger partial charge < -0.3 is 19.7 Å². The number of phenolic OH excluding ortho intramolecular Hbond substituents is 2. The van der Waals surface area contributed by atoms with Crippen LogP contribution in [0.15, 0.2) is 48.5 Å². The summed E-state index contributed by atoms with van der Waals surface area (Å²) < 4.78 is 41.1. The highest BCUT2D eigenvalue weighted by atomic mass is 35.5. The molecule has 206 valence electrons. The van der Waals surface area contributed by atoms with Gasteiger partial charge in [0, 0.05) is 23.3 Å². The molecule has 2 N–H and O–H groups in total. The van der Waals surface area contributed by atoms with Gasteiger partial charge in [0.2, 0.25) is 0 Å². The Bertz CT molecular complexity index is 1520. The summed E-state index contributed by atoms with van der Waals surface area (Å²) in [6.45, 7) is 2.92. The number of halogens is 4. The molecule has 10 heteroatoms. The molecule has 0 aliphatic carbocycles. The van der Waals surface area contributed by atoms with Gasteiger partial charge in [-0.3, -0.25) is 9.59 Å². The minimum absolute atomic E-state index is 0.00896. The van der Waals surface area contributed by atoms with Crippen molar-refractivity contribution in [1.82, 2.24) is 0 Å². The van der Waals surface area contributed by atoms with E-state index in [1.165, 1.54) is 36.4 Å². The zero-order chi connectivity index (χ0) is 29.1. The largest absolute Gasteiger partial charge is 0.507 e. The summed E-state index contributed by atoms with van der Waals surface area (Å²) in [5.41, 5.74) is 2.71. The van der Waals surface area contributed by atoms with Crippen LogP contribution in [-0.4, -0.2) is 22.8 Å². The Morgan fingerprint density at radius 1 is 0.700 bits per heavy atom. The van der Waals surface area contributed by atoms with Crippen LogP contribution in [0.2, 0.25) is 10.0 Å². The van der Waals surface area contributed by atoms with Crippen LogP contribution in [0.5, 0.6) is 23.0 Å². The van der Waals surface area contributed by atoms with E-state index in [-0.39, 0.29) is 68.5 Å². The molecule has 0 saturated carbocycles. The highest BCUT2D eigenvalue weighted by Gasteiger charge is 2.19. The Morgan fingerprint density at radius 3 is 1.43 bits per heavy atom. The monoisotopic (exact) mass is 586 g/mol. The van der Waals surface area contributed by atoms with E-state index in [4.69, 9.17) is 32.7 Å². The zero-order valence-electron chi connectivity index (χ0n) is 21.2. The Balaban J connectivity index is 1.64. The second kappa shape index (κ2) is 11.9. The number of carbonyl (C=O) groups is 2. The van der Waals surface area contributed by atoms with Crippen LogP contribution in [0.25, 0.3) is 11.1 Å². The van der Waals surface area contributed by atoms with E-state index in [1.807, 2.05) is 0 Å². The number of ether oxygens (including phenoxy) is 2. The standard InChI is InChI=1S/C30H22Cl2F2O6/c1-15-19(3-5-25(33)21(15)13-39-29-9-27(37)17(11-35)7-23(29)31)20-4-6-26(34)22(16(20)2)14-40-30-10-28(38)18(12-36)8-24(30)32/h3-12,37-38H,13-14H2,1-2H3. The lowest BCUT2D eigenvalue weighted by Gasteiger charge is -2.18. The maximum Gasteiger partial charge on any atom is 0.153 e. The SMILES string of the molecule is Cc1c(-c2ccc(F)c(COc3cc(O)c(C=O)cc3Cl)c2C)ccc(F)c1COc1cc(O)c(C=O)cc1Cl. The molecule has 0 fully saturated rings. The van der Waals surface area contributed by atoms with E-state index in [9.17, 15) is 28.6 Å². The van der Waals surface area contributed by atoms with Crippen molar-refractivity contribution in [2.24, 2.45) is 0 Å². The van der Waals surface area contributed by atoms with Gasteiger partial charge in [-0.15, -0.1) is 0 Å². The van der Waals surface area contributed by atoms with E-state index >= 15 is 0 Å². The first kappa shape index (κ1) is 28.9. The fraction of sp³-hybridized carbons (Fsp3) is 0.133. The van der Waals surface area contributed by atoms with Gasteiger partial charge in [0.05, 0.1) is 21.2 Å². The number of hydrogen-bond acceptors (Lipinski definition) is 6. The van der Waals surface area contributed by atoms with Gasteiger partial charge in [-0.1, -0.05) is 35.3 Å². The first-order chi connectivity index (χ1) is 19.0. The van der Waals surface area contributed by atoms with Gasteiger partial charge in [0.25, 0.3) is 0 Å². The second-order valence-electron chi connectivity index (χ2n) is 8.89. The Morgan fingerprint density at radius 2 is 1.07 bits per heavy atom. The van der Waals surface area contributed by atoms with Gasteiger partial charge in [0.1, 0.15) is 47.8 Å². The molecule has 0 radical (unpaired) electrons. The number of carbonyl (C=O) groups excluding carboxylic acids is 2. The van der Waals surface area contributed by atoms with Crippen LogP contribution in [0, 0.1) is 25.5 Å². The van der Waals surface area contributed by atoms with Crippen LogP contribution in [-0.2, 0) is 13.2 Å². The van der Waals surface area contributed by atoms with Crippen molar-refractivity contribution in [3.63, 3.8) is 0 Å². The number of benzene rings is 4. The number of hydrogen-bond donors (Lipinski definition) is 2. The Labute approximate surface area is 238 Å². The molecule has 0 aliphatic heterocycles. The maximum absolute atomic E-state index is 14.9. The Kier molecular flexibility index (Phi) is 8.61. The third-order valence-corrected chi connectivity index (χ3v) is 7.12. The summed E-state index contributed by atoms with van der Waals surface area (Å²) in [6, 6.07) is 10.5. The molecule has 4 aromatic carbocycles. The van der Waals surface area contributed by atoms with Crippen molar-refractivity contribution in [1.29, 1.82) is 0 Å². The fourth-order valence-corrected chi connectivity index (χ4v) is 4.66. The molecule has 4 rings (SSSR count). The van der Waals surface area contributed by atoms with Gasteiger partial charge in [0.15, 0.2) is 12.6 Å². The molecule has 0 heterocycles. The molecule has 0 atom stereocenters. The molecule has 0 saturated heterocycles. The van der Waals surface area contributed by atoms with Crippen LogP contribution >= 0.6 is 23.2 Å². The molecule has 0 aromatic heterocycles. The van der Waals surface area contributed by atoms with Crippen molar-refractivity contribution in [3.05, 3.63) is 104 Å². The molecule has 0 amide bonds. The summed E-state index contributed by atoms with van der Waals surface area (Å²) in [7, 11) is 0. The summed E-state index contributed by atoms with van der Waals surface area (Å²) in [5, 5.41) is 20.0. The third-order valence-electron chi connectivity index (χ3n) is 6.53. The van der Waals surface area contributed by atoms with Crippen LogP contribution in [0.1, 0.15) is 43.0 Å². The van der Waals surface area contributed by atoms with Gasteiger partial charge in [-0.25, -0.2) is 8.78 Å². The lowest BCUT2D eigenvalue weighted by molar-refractivity contribution is 0.111. The van der Waals surface area contributed by atoms with E-state index in [0.717, 1.165) is 0 Å². The highest BCUT2D eigenvalue weighted by molar-refractivity contribution is 6.32. The van der Waals surface area contributed by atoms with Crippen LogP contribution < -0.4 is 9.47 Å². The smallest absolute Gasteiger partial charge is 0.153 e. The predicted octanol–water partition coefficient (Wildman–Crippen LogP) is 7.75. The Hall–Kier alpha value is -4.14. The summed E-state index contributed by atoms with van der Waals surface area (Å²) >= 11 is 12.3. The number of aldehydes is 2. The molecular weight excluding hydrogens is 565 g/mol.